The average Bonchev–Trinajstić information content (AvgIpc) is 2.80. The Balaban J connectivity index is 2.16. The highest BCUT2D eigenvalue weighted by Gasteiger charge is 2.15. The Morgan fingerprint density at radius 3 is 2.61 bits per heavy atom. The molecule has 0 aliphatic carbocycles. The third kappa shape index (κ3) is 3.21. The lowest BCUT2D eigenvalue weighted by Gasteiger charge is -2.10. The van der Waals surface area contributed by atoms with E-state index in [-0.39, 0.29) is 5.25 Å². The largest absolute Gasteiger partial charge is 0.207 e. The highest BCUT2D eigenvalue weighted by molar-refractivity contribution is 8.03. The van der Waals surface area contributed by atoms with Gasteiger partial charge in [0.2, 0.25) is 0 Å². The summed E-state index contributed by atoms with van der Waals surface area (Å²) in [6.07, 6.45) is 1.92. The summed E-state index contributed by atoms with van der Waals surface area (Å²) in [5.41, 5.74) is 0.348. The van der Waals surface area contributed by atoms with Crippen LogP contribution in [0.4, 0.5) is 8.78 Å². The normalized spacial score (nSPS) is 12.7. The Labute approximate surface area is 116 Å². The molecule has 1 heterocycles. The van der Waals surface area contributed by atoms with Gasteiger partial charge in [-0.1, -0.05) is 34.9 Å². The van der Waals surface area contributed by atoms with Gasteiger partial charge in [0, 0.05) is 10.8 Å². The fraction of sp³-hybridized carbons (Fsp3) is 0.273. The molecule has 2 aromatic rings. The fourth-order valence-corrected chi connectivity index (χ4v) is 4.09. The molecule has 0 saturated carbocycles. The van der Waals surface area contributed by atoms with Crippen molar-refractivity contribution in [2.24, 2.45) is 0 Å². The number of benzene rings is 1. The van der Waals surface area contributed by atoms with Gasteiger partial charge in [-0.05, 0) is 31.4 Å². The van der Waals surface area contributed by atoms with Gasteiger partial charge in [0.15, 0.2) is 8.68 Å². The first-order chi connectivity index (χ1) is 8.60. The number of aromatic nitrogens is 2. The van der Waals surface area contributed by atoms with E-state index in [0.717, 1.165) is 20.8 Å². The zero-order valence-corrected chi connectivity index (χ0v) is 12.1. The Morgan fingerprint density at radius 2 is 1.94 bits per heavy atom. The third-order valence-electron chi connectivity index (χ3n) is 2.24. The lowest BCUT2D eigenvalue weighted by atomic mass is 10.1. The summed E-state index contributed by atoms with van der Waals surface area (Å²) in [6.45, 7) is 1.82. The Kier molecular flexibility index (Phi) is 4.58. The monoisotopic (exact) mass is 304 g/mol. The second kappa shape index (κ2) is 5.99. The van der Waals surface area contributed by atoms with Crippen LogP contribution < -0.4 is 0 Å². The average molecular weight is 304 g/mol. The van der Waals surface area contributed by atoms with Crippen molar-refractivity contribution in [2.75, 3.05) is 6.26 Å². The fourth-order valence-electron chi connectivity index (χ4n) is 1.37. The van der Waals surface area contributed by atoms with E-state index in [9.17, 15) is 8.78 Å². The van der Waals surface area contributed by atoms with E-state index in [1.807, 2.05) is 13.2 Å². The molecule has 0 radical (unpaired) electrons. The summed E-state index contributed by atoms with van der Waals surface area (Å²) in [7, 11) is 0. The van der Waals surface area contributed by atoms with Gasteiger partial charge in [-0.25, -0.2) is 8.78 Å². The molecular weight excluding hydrogens is 294 g/mol. The lowest BCUT2D eigenvalue weighted by molar-refractivity contribution is 0.586. The van der Waals surface area contributed by atoms with Crippen molar-refractivity contribution in [3.05, 3.63) is 35.4 Å². The Bertz CT molecular complexity index is 545. The van der Waals surface area contributed by atoms with E-state index in [0.29, 0.717) is 5.56 Å². The minimum Gasteiger partial charge on any atom is -0.207 e. The van der Waals surface area contributed by atoms with Crippen LogP contribution in [0.25, 0.3) is 0 Å². The van der Waals surface area contributed by atoms with E-state index >= 15 is 0 Å². The summed E-state index contributed by atoms with van der Waals surface area (Å²) < 4.78 is 28.3. The number of thioether (sulfide) groups is 2. The summed E-state index contributed by atoms with van der Waals surface area (Å²) in [6, 6.07) is 3.49. The van der Waals surface area contributed by atoms with Crippen molar-refractivity contribution in [3.8, 4) is 0 Å². The van der Waals surface area contributed by atoms with Crippen molar-refractivity contribution in [3.63, 3.8) is 0 Å². The van der Waals surface area contributed by atoms with Gasteiger partial charge in [0.05, 0.1) is 0 Å². The predicted molar refractivity (Wildman–Crippen MR) is 72.3 cm³/mol. The first-order valence-corrected chi connectivity index (χ1v) is 8.01. The van der Waals surface area contributed by atoms with E-state index in [1.54, 1.807) is 0 Å². The van der Waals surface area contributed by atoms with E-state index in [4.69, 9.17) is 0 Å². The molecule has 2 nitrogen and oxygen atoms in total. The van der Waals surface area contributed by atoms with E-state index in [1.165, 1.54) is 40.9 Å². The van der Waals surface area contributed by atoms with E-state index in [2.05, 4.69) is 10.2 Å². The number of halogens is 2. The second-order valence-corrected chi connectivity index (χ2v) is 7.08. The molecule has 96 valence electrons. The number of hydrogen-bond donors (Lipinski definition) is 0. The third-order valence-corrected chi connectivity index (χ3v) is 5.36. The van der Waals surface area contributed by atoms with Crippen LogP contribution in [0, 0.1) is 11.6 Å². The van der Waals surface area contributed by atoms with Crippen molar-refractivity contribution < 1.29 is 8.78 Å². The van der Waals surface area contributed by atoms with Crippen molar-refractivity contribution in [1.82, 2.24) is 10.2 Å². The summed E-state index contributed by atoms with van der Waals surface area (Å²) in [5, 5.41) is 7.76. The standard InChI is InChI=1S/C11H10F2N2S3/c1-6(8-5-7(12)3-4-9(8)13)17-11-15-14-10(16-2)18-11/h3-6H,1-2H3. The number of nitrogens with zero attached hydrogens (tertiary/aromatic N) is 2. The molecule has 18 heavy (non-hydrogen) atoms. The molecule has 1 aromatic heterocycles. The van der Waals surface area contributed by atoms with Gasteiger partial charge in [-0.2, -0.15) is 0 Å². The van der Waals surface area contributed by atoms with Crippen LogP contribution in [0.15, 0.2) is 26.9 Å². The molecule has 1 aromatic carbocycles. The second-order valence-electron chi connectivity index (χ2n) is 3.46. The summed E-state index contributed by atoms with van der Waals surface area (Å²) >= 11 is 4.35. The molecule has 0 aliphatic rings. The summed E-state index contributed by atoms with van der Waals surface area (Å²) in [5.74, 6) is -0.827. The molecule has 1 atom stereocenters. The van der Waals surface area contributed by atoms with Crippen molar-refractivity contribution in [1.29, 1.82) is 0 Å². The van der Waals surface area contributed by atoms with Crippen molar-refractivity contribution in [2.45, 2.75) is 20.9 Å². The van der Waals surface area contributed by atoms with Gasteiger partial charge in [-0.3, -0.25) is 0 Å². The van der Waals surface area contributed by atoms with Gasteiger partial charge < -0.3 is 0 Å². The van der Waals surface area contributed by atoms with Crippen LogP contribution in [0.5, 0.6) is 0 Å². The quantitative estimate of drug-likeness (QED) is 0.782. The zero-order valence-electron chi connectivity index (χ0n) is 9.68. The molecule has 0 spiro atoms. The maximum absolute atomic E-state index is 13.6. The first-order valence-electron chi connectivity index (χ1n) is 5.09. The molecule has 0 fully saturated rings. The van der Waals surface area contributed by atoms with Crippen LogP contribution >= 0.6 is 34.9 Å². The van der Waals surface area contributed by atoms with Crippen LogP contribution in [-0.4, -0.2) is 16.5 Å². The molecule has 2 rings (SSSR count). The van der Waals surface area contributed by atoms with Crippen molar-refractivity contribution >= 4 is 34.9 Å². The molecule has 0 saturated heterocycles. The minimum absolute atomic E-state index is 0.205. The maximum Gasteiger partial charge on any atom is 0.175 e. The van der Waals surface area contributed by atoms with Crippen LogP contribution in [0.1, 0.15) is 17.7 Å². The van der Waals surface area contributed by atoms with Crippen LogP contribution in [0.2, 0.25) is 0 Å². The molecule has 0 amide bonds. The molecule has 0 aliphatic heterocycles. The topological polar surface area (TPSA) is 25.8 Å². The first kappa shape index (κ1) is 13.8. The SMILES string of the molecule is CSc1nnc(SC(C)c2cc(F)ccc2F)s1. The Morgan fingerprint density at radius 1 is 1.22 bits per heavy atom. The molecule has 1 unspecified atom stereocenters. The minimum atomic E-state index is -0.430. The Hall–Kier alpha value is -0.660. The van der Waals surface area contributed by atoms with Gasteiger partial charge >= 0.3 is 0 Å². The predicted octanol–water partition coefficient (Wildman–Crippen LogP) is 4.39. The lowest BCUT2D eigenvalue weighted by Crippen LogP contribution is -1.94. The van der Waals surface area contributed by atoms with Crippen LogP contribution in [0.3, 0.4) is 0 Å². The van der Waals surface area contributed by atoms with Crippen LogP contribution in [-0.2, 0) is 0 Å². The van der Waals surface area contributed by atoms with Gasteiger partial charge in [0.25, 0.3) is 0 Å². The van der Waals surface area contributed by atoms with E-state index < -0.39 is 11.6 Å². The molecular formula is C11H10F2N2S3. The number of rotatable bonds is 4. The molecule has 0 N–H and O–H groups in total. The number of hydrogen-bond acceptors (Lipinski definition) is 5. The van der Waals surface area contributed by atoms with Gasteiger partial charge in [0.1, 0.15) is 11.6 Å². The van der Waals surface area contributed by atoms with Gasteiger partial charge in [-0.15, -0.1) is 10.2 Å². The smallest absolute Gasteiger partial charge is 0.175 e. The molecule has 7 heteroatoms. The summed E-state index contributed by atoms with van der Waals surface area (Å²) in [4.78, 5) is 0. The highest BCUT2D eigenvalue weighted by Crippen LogP contribution is 2.38. The molecule has 0 bridgehead atoms. The zero-order chi connectivity index (χ0) is 13.1. The highest BCUT2D eigenvalue weighted by atomic mass is 32.2. The maximum atomic E-state index is 13.6.